The maximum absolute atomic E-state index is 12.2. The van der Waals surface area contributed by atoms with Gasteiger partial charge in [-0.15, -0.1) is 0 Å². The SMILES string of the molecule is COC(CNS(=O)(=O)c1ccccc1)CC(CC1CC1)OC. The third kappa shape index (κ3) is 5.35. The monoisotopic (exact) mass is 327 g/mol. The van der Waals surface area contributed by atoms with Crippen LogP contribution in [0.2, 0.25) is 0 Å². The highest BCUT2D eigenvalue weighted by Gasteiger charge is 2.27. The van der Waals surface area contributed by atoms with Crippen LogP contribution in [-0.2, 0) is 19.5 Å². The zero-order chi connectivity index (χ0) is 16.0. The summed E-state index contributed by atoms with van der Waals surface area (Å²) < 4.78 is 37.9. The predicted molar refractivity (Wildman–Crippen MR) is 85.2 cm³/mol. The van der Waals surface area contributed by atoms with Crippen LogP contribution >= 0.6 is 0 Å². The Morgan fingerprint density at radius 1 is 1.14 bits per heavy atom. The minimum absolute atomic E-state index is 0.124. The highest BCUT2D eigenvalue weighted by Crippen LogP contribution is 2.35. The van der Waals surface area contributed by atoms with Crippen LogP contribution in [0.1, 0.15) is 25.7 Å². The Hall–Kier alpha value is -0.950. The van der Waals surface area contributed by atoms with Gasteiger partial charge in [-0.1, -0.05) is 31.0 Å². The Balaban J connectivity index is 1.87. The fraction of sp³-hybridized carbons (Fsp3) is 0.625. The Kier molecular flexibility index (Phi) is 6.37. The van der Waals surface area contributed by atoms with E-state index in [9.17, 15) is 8.42 Å². The smallest absolute Gasteiger partial charge is 0.240 e. The topological polar surface area (TPSA) is 64.6 Å². The average molecular weight is 327 g/mol. The molecule has 0 saturated heterocycles. The molecule has 1 aliphatic rings. The van der Waals surface area contributed by atoms with E-state index in [-0.39, 0.29) is 23.6 Å². The van der Waals surface area contributed by atoms with E-state index < -0.39 is 10.0 Å². The second kappa shape index (κ2) is 8.06. The molecule has 1 aromatic rings. The van der Waals surface area contributed by atoms with Crippen molar-refractivity contribution in [2.75, 3.05) is 20.8 Å². The molecule has 1 fully saturated rings. The van der Waals surface area contributed by atoms with Crippen LogP contribution in [0.25, 0.3) is 0 Å². The second-order valence-electron chi connectivity index (χ2n) is 5.80. The molecule has 22 heavy (non-hydrogen) atoms. The number of benzene rings is 1. The third-order valence-electron chi connectivity index (χ3n) is 4.04. The molecule has 1 aromatic carbocycles. The quantitative estimate of drug-likeness (QED) is 0.715. The first kappa shape index (κ1) is 17.4. The first-order chi connectivity index (χ1) is 10.5. The molecule has 6 heteroatoms. The summed E-state index contributed by atoms with van der Waals surface area (Å²) in [5.41, 5.74) is 0. The highest BCUT2D eigenvalue weighted by atomic mass is 32.2. The van der Waals surface area contributed by atoms with Gasteiger partial charge in [-0.2, -0.15) is 0 Å². The van der Waals surface area contributed by atoms with Gasteiger partial charge < -0.3 is 9.47 Å². The van der Waals surface area contributed by atoms with Crippen molar-refractivity contribution in [3.05, 3.63) is 30.3 Å². The summed E-state index contributed by atoms with van der Waals surface area (Å²) in [4.78, 5) is 0.270. The van der Waals surface area contributed by atoms with E-state index in [1.54, 1.807) is 44.6 Å². The summed E-state index contributed by atoms with van der Waals surface area (Å²) in [7, 11) is -0.185. The largest absolute Gasteiger partial charge is 0.381 e. The Morgan fingerprint density at radius 3 is 2.32 bits per heavy atom. The summed E-state index contributed by atoms with van der Waals surface area (Å²) in [6.45, 7) is 0.248. The van der Waals surface area contributed by atoms with E-state index >= 15 is 0 Å². The summed E-state index contributed by atoms with van der Waals surface area (Å²) >= 11 is 0. The van der Waals surface area contributed by atoms with Crippen LogP contribution in [-0.4, -0.2) is 41.4 Å². The first-order valence-corrected chi connectivity index (χ1v) is 9.13. The van der Waals surface area contributed by atoms with Crippen molar-refractivity contribution in [2.24, 2.45) is 5.92 Å². The minimum Gasteiger partial charge on any atom is -0.381 e. The molecule has 0 aliphatic heterocycles. The molecule has 0 bridgehead atoms. The van der Waals surface area contributed by atoms with E-state index in [0.29, 0.717) is 6.42 Å². The van der Waals surface area contributed by atoms with Gasteiger partial charge >= 0.3 is 0 Å². The molecule has 1 saturated carbocycles. The van der Waals surface area contributed by atoms with Crippen LogP contribution in [0.5, 0.6) is 0 Å². The molecule has 124 valence electrons. The standard InChI is InChI=1S/C16H25NO4S/c1-20-14(10-13-8-9-13)11-15(21-2)12-17-22(18,19)16-6-4-3-5-7-16/h3-7,13-15,17H,8-12H2,1-2H3. The molecule has 0 spiro atoms. The molecule has 0 heterocycles. The summed E-state index contributed by atoms with van der Waals surface area (Å²) in [5, 5.41) is 0. The van der Waals surface area contributed by atoms with Crippen LogP contribution in [0.15, 0.2) is 35.2 Å². The van der Waals surface area contributed by atoms with Gasteiger partial charge in [0.15, 0.2) is 0 Å². The molecule has 2 unspecified atom stereocenters. The highest BCUT2D eigenvalue weighted by molar-refractivity contribution is 7.89. The van der Waals surface area contributed by atoms with Gasteiger partial charge in [0.25, 0.3) is 0 Å². The van der Waals surface area contributed by atoms with Crippen LogP contribution < -0.4 is 4.72 Å². The summed E-state index contributed by atoms with van der Waals surface area (Å²) in [5.74, 6) is 0.767. The number of ether oxygens (including phenoxy) is 2. The minimum atomic E-state index is -3.49. The van der Waals surface area contributed by atoms with Gasteiger partial charge in [0.2, 0.25) is 10.0 Å². The number of nitrogens with one attached hydrogen (secondary N) is 1. The maximum atomic E-state index is 12.2. The van der Waals surface area contributed by atoms with Gasteiger partial charge in [0.1, 0.15) is 0 Å². The van der Waals surface area contributed by atoms with Crippen molar-refractivity contribution in [1.82, 2.24) is 4.72 Å². The molecule has 2 rings (SSSR count). The molecule has 1 N–H and O–H groups in total. The van der Waals surface area contributed by atoms with E-state index in [0.717, 1.165) is 12.3 Å². The molecular weight excluding hydrogens is 302 g/mol. The lowest BCUT2D eigenvalue weighted by atomic mass is 10.1. The summed E-state index contributed by atoms with van der Waals surface area (Å²) in [6, 6.07) is 8.36. The normalized spacial score (nSPS) is 18.1. The zero-order valence-electron chi connectivity index (χ0n) is 13.2. The molecular formula is C16H25NO4S. The fourth-order valence-corrected chi connectivity index (χ4v) is 3.54. The number of hydrogen-bond donors (Lipinski definition) is 1. The Labute approximate surface area is 133 Å². The van der Waals surface area contributed by atoms with Gasteiger partial charge in [0.05, 0.1) is 17.1 Å². The Morgan fingerprint density at radius 2 is 1.77 bits per heavy atom. The lowest BCUT2D eigenvalue weighted by Crippen LogP contribution is -2.35. The van der Waals surface area contributed by atoms with Crippen molar-refractivity contribution in [2.45, 2.75) is 42.8 Å². The number of hydrogen-bond acceptors (Lipinski definition) is 4. The van der Waals surface area contributed by atoms with Crippen molar-refractivity contribution >= 4 is 10.0 Å². The van der Waals surface area contributed by atoms with E-state index in [1.807, 2.05) is 0 Å². The molecule has 5 nitrogen and oxygen atoms in total. The number of rotatable bonds is 10. The third-order valence-corrected chi connectivity index (χ3v) is 5.48. The van der Waals surface area contributed by atoms with E-state index in [4.69, 9.17) is 9.47 Å². The molecule has 2 atom stereocenters. The number of sulfonamides is 1. The summed E-state index contributed by atoms with van der Waals surface area (Å²) in [6.07, 6.45) is 4.21. The lowest BCUT2D eigenvalue weighted by molar-refractivity contribution is 0.0188. The van der Waals surface area contributed by atoms with E-state index in [1.165, 1.54) is 12.8 Å². The van der Waals surface area contributed by atoms with Crippen LogP contribution in [0, 0.1) is 5.92 Å². The second-order valence-corrected chi connectivity index (χ2v) is 7.56. The number of methoxy groups -OCH3 is 2. The zero-order valence-corrected chi connectivity index (χ0v) is 14.0. The van der Waals surface area contributed by atoms with Crippen LogP contribution in [0.3, 0.4) is 0 Å². The maximum Gasteiger partial charge on any atom is 0.240 e. The van der Waals surface area contributed by atoms with Crippen molar-refractivity contribution < 1.29 is 17.9 Å². The van der Waals surface area contributed by atoms with Gasteiger partial charge in [-0.25, -0.2) is 13.1 Å². The lowest BCUT2D eigenvalue weighted by Gasteiger charge is -2.22. The molecule has 0 amide bonds. The van der Waals surface area contributed by atoms with Gasteiger partial charge in [0, 0.05) is 27.2 Å². The molecule has 0 aromatic heterocycles. The van der Waals surface area contributed by atoms with Crippen molar-refractivity contribution in [3.8, 4) is 0 Å². The van der Waals surface area contributed by atoms with E-state index in [2.05, 4.69) is 4.72 Å². The van der Waals surface area contributed by atoms with Gasteiger partial charge in [-0.3, -0.25) is 0 Å². The van der Waals surface area contributed by atoms with Crippen molar-refractivity contribution in [1.29, 1.82) is 0 Å². The van der Waals surface area contributed by atoms with Crippen molar-refractivity contribution in [3.63, 3.8) is 0 Å². The molecule has 1 aliphatic carbocycles. The fourth-order valence-electron chi connectivity index (χ4n) is 2.46. The van der Waals surface area contributed by atoms with Crippen LogP contribution in [0.4, 0.5) is 0 Å². The predicted octanol–water partition coefficient (Wildman–Crippen LogP) is 2.19. The Bertz CT molecular complexity index is 543. The van der Waals surface area contributed by atoms with Gasteiger partial charge in [-0.05, 0) is 24.5 Å². The average Bonchev–Trinajstić information content (AvgIpc) is 3.35. The molecule has 0 radical (unpaired) electrons. The first-order valence-electron chi connectivity index (χ1n) is 7.65.